The van der Waals surface area contributed by atoms with Crippen molar-refractivity contribution in [3.63, 3.8) is 0 Å². The Balaban J connectivity index is 1.50. The van der Waals surface area contributed by atoms with Gasteiger partial charge in [0.2, 0.25) is 0 Å². The Labute approximate surface area is 167 Å². The van der Waals surface area contributed by atoms with Crippen LogP contribution in [0.3, 0.4) is 0 Å². The third-order valence-electron chi connectivity index (χ3n) is 4.91. The van der Waals surface area contributed by atoms with E-state index in [9.17, 15) is 4.39 Å². The summed E-state index contributed by atoms with van der Waals surface area (Å²) in [4.78, 5) is 2.22. The van der Waals surface area contributed by atoms with Gasteiger partial charge in [-0.15, -0.1) is 0 Å². The van der Waals surface area contributed by atoms with Crippen LogP contribution in [0.25, 0.3) is 0 Å². The van der Waals surface area contributed by atoms with E-state index in [0.29, 0.717) is 5.02 Å². The van der Waals surface area contributed by atoms with Gasteiger partial charge in [-0.05, 0) is 42.3 Å². The molecule has 2 aromatic carbocycles. The van der Waals surface area contributed by atoms with E-state index >= 15 is 0 Å². The molecule has 1 saturated heterocycles. The van der Waals surface area contributed by atoms with Crippen LogP contribution in [-0.4, -0.2) is 29.3 Å². The molecule has 0 aliphatic carbocycles. The van der Waals surface area contributed by atoms with Crippen molar-refractivity contribution >= 4 is 28.9 Å². The first-order chi connectivity index (χ1) is 13.1. The van der Waals surface area contributed by atoms with Gasteiger partial charge in [0, 0.05) is 41.6 Å². The molecule has 2 heterocycles. The van der Waals surface area contributed by atoms with Crippen LogP contribution in [0, 0.1) is 5.82 Å². The molecule has 4 rings (SSSR count). The van der Waals surface area contributed by atoms with Crippen molar-refractivity contribution in [2.45, 2.75) is 18.5 Å². The lowest BCUT2D eigenvalue weighted by Crippen LogP contribution is -2.36. The first-order valence-corrected chi connectivity index (χ1v) is 9.56. The minimum atomic E-state index is -0.392. The molecule has 1 aliphatic rings. The summed E-state index contributed by atoms with van der Waals surface area (Å²) in [5.74, 6) is -0.392. The van der Waals surface area contributed by atoms with E-state index in [4.69, 9.17) is 23.2 Å². The van der Waals surface area contributed by atoms with Crippen molar-refractivity contribution in [2.75, 3.05) is 18.0 Å². The molecule has 0 bridgehead atoms. The Hall–Kier alpha value is -2.08. The van der Waals surface area contributed by atoms with E-state index in [2.05, 4.69) is 20.4 Å². The van der Waals surface area contributed by atoms with Crippen molar-refractivity contribution < 1.29 is 4.39 Å². The van der Waals surface area contributed by atoms with Crippen molar-refractivity contribution in [1.82, 2.24) is 15.5 Å². The number of nitrogens with zero attached hydrogens (tertiary/aromatic N) is 2. The molecule has 4 nitrogen and oxygen atoms in total. The van der Waals surface area contributed by atoms with Gasteiger partial charge in [0.15, 0.2) is 0 Å². The highest BCUT2D eigenvalue weighted by atomic mass is 35.5. The van der Waals surface area contributed by atoms with E-state index in [1.54, 1.807) is 12.1 Å². The van der Waals surface area contributed by atoms with Crippen molar-refractivity contribution in [1.29, 1.82) is 0 Å². The van der Waals surface area contributed by atoms with Crippen LogP contribution >= 0.6 is 23.2 Å². The van der Waals surface area contributed by atoms with Crippen LogP contribution in [0.4, 0.5) is 10.1 Å². The molecule has 0 radical (unpaired) electrons. The topological polar surface area (TPSA) is 44.0 Å². The molecule has 3 aromatic rings. The number of nitrogens with one attached hydrogen (secondary N) is 2. The van der Waals surface area contributed by atoms with E-state index in [1.807, 2.05) is 36.7 Å². The second-order valence-electron chi connectivity index (χ2n) is 6.71. The Kier molecular flexibility index (Phi) is 5.34. The molecule has 2 atom stereocenters. The molecule has 7 heteroatoms. The normalized spacial score (nSPS) is 18.0. The highest BCUT2D eigenvalue weighted by Gasteiger charge is 2.27. The Morgan fingerprint density at radius 3 is 2.67 bits per heavy atom. The summed E-state index contributed by atoms with van der Waals surface area (Å²) in [7, 11) is 0. The molecule has 1 aromatic heterocycles. The van der Waals surface area contributed by atoms with E-state index in [0.717, 1.165) is 36.3 Å². The van der Waals surface area contributed by atoms with E-state index in [-0.39, 0.29) is 17.1 Å². The van der Waals surface area contributed by atoms with Gasteiger partial charge < -0.3 is 10.2 Å². The van der Waals surface area contributed by atoms with Crippen LogP contribution in [0.15, 0.2) is 54.9 Å². The van der Waals surface area contributed by atoms with Crippen LogP contribution in [-0.2, 0) is 0 Å². The molecule has 2 N–H and O–H groups in total. The zero-order valence-electron chi connectivity index (χ0n) is 14.5. The molecular formula is C20H19Cl2FN4. The number of halogens is 3. The fraction of sp³-hybridized carbons (Fsp3) is 0.250. The van der Waals surface area contributed by atoms with E-state index < -0.39 is 5.82 Å². The molecule has 27 heavy (non-hydrogen) atoms. The maximum atomic E-state index is 13.4. The van der Waals surface area contributed by atoms with Crippen LogP contribution in [0.1, 0.15) is 23.6 Å². The van der Waals surface area contributed by atoms with Gasteiger partial charge in [-0.1, -0.05) is 35.3 Å². The predicted molar refractivity (Wildman–Crippen MR) is 107 cm³/mol. The van der Waals surface area contributed by atoms with Crippen LogP contribution in [0.5, 0.6) is 0 Å². The lowest BCUT2D eigenvalue weighted by Gasteiger charge is -2.24. The molecule has 0 spiro atoms. The lowest BCUT2D eigenvalue weighted by molar-refractivity contribution is 0.501. The quantitative estimate of drug-likeness (QED) is 0.640. The number of aromatic nitrogens is 2. The van der Waals surface area contributed by atoms with Gasteiger partial charge in [-0.3, -0.25) is 5.10 Å². The van der Waals surface area contributed by atoms with E-state index in [1.165, 1.54) is 6.07 Å². The molecule has 0 amide bonds. The molecular weight excluding hydrogens is 386 g/mol. The van der Waals surface area contributed by atoms with Crippen molar-refractivity contribution in [3.05, 3.63) is 81.8 Å². The first-order valence-electron chi connectivity index (χ1n) is 8.80. The summed E-state index contributed by atoms with van der Waals surface area (Å²) in [6, 6.07) is 13.0. The minimum Gasteiger partial charge on any atom is -0.370 e. The number of aromatic amines is 1. The monoisotopic (exact) mass is 404 g/mol. The second kappa shape index (κ2) is 7.89. The third-order valence-corrected chi connectivity index (χ3v) is 5.46. The summed E-state index contributed by atoms with van der Waals surface area (Å²) in [5, 5.41) is 11.6. The number of hydrogen-bond acceptors (Lipinski definition) is 3. The number of hydrogen-bond donors (Lipinski definition) is 2. The average molecular weight is 405 g/mol. The Morgan fingerprint density at radius 2 is 1.96 bits per heavy atom. The summed E-state index contributed by atoms with van der Waals surface area (Å²) in [6.07, 6.45) is 4.72. The zero-order chi connectivity index (χ0) is 18.8. The lowest BCUT2D eigenvalue weighted by atomic mass is 10.0. The summed E-state index contributed by atoms with van der Waals surface area (Å²) in [6.45, 7) is 1.71. The number of benzene rings is 2. The van der Waals surface area contributed by atoms with Crippen molar-refractivity contribution in [3.8, 4) is 0 Å². The van der Waals surface area contributed by atoms with Gasteiger partial charge >= 0.3 is 0 Å². The maximum Gasteiger partial charge on any atom is 0.141 e. The molecule has 0 saturated carbocycles. The number of anilines is 1. The standard InChI is InChI=1S/C20H19Cl2FN4/c21-15-3-1-13(2-4-15)20(14-10-24-25-11-14)26-16-7-8-27(12-16)17-5-6-19(23)18(22)9-17/h1-6,9-11,16,20,26H,7-8,12H2,(H,24,25). The minimum absolute atomic E-state index is 0.0165. The average Bonchev–Trinajstić information content (AvgIpc) is 3.35. The molecule has 1 fully saturated rings. The van der Waals surface area contributed by atoms with Crippen LogP contribution in [0.2, 0.25) is 10.0 Å². The van der Waals surface area contributed by atoms with Gasteiger partial charge in [-0.25, -0.2) is 4.39 Å². The summed E-state index contributed by atoms with van der Waals surface area (Å²) >= 11 is 12.0. The summed E-state index contributed by atoms with van der Waals surface area (Å²) in [5.41, 5.74) is 3.14. The highest BCUT2D eigenvalue weighted by Crippen LogP contribution is 2.28. The van der Waals surface area contributed by atoms with Gasteiger partial charge in [0.25, 0.3) is 0 Å². The molecule has 1 aliphatic heterocycles. The Morgan fingerprint density at radius 1 is 1.15 bits per heavy atom. The van der Waals surface area contributed by atoms with Crippen LogP contribution < -0.4 is 10.2 Å². The first kappa shape index (κ1) is 18.3. The smallest absolute Gasteiger partial charge is 0.141 e. The fourth-order valence-corrected chi connectivity index (χ4v) is 3.81. The predicted octanol–water partition coefficient (Wildman–Crippen LogP) is 4.81. The maximum absolute atomic E-state index is 13.4. The second-order valence-corrected chi connectivity index (χ2v) is 7.56. The Bertz CT molecular complexity index is 899. The summed E-state index contributed by atoms with van der Waals surface area (Å²) < 4.78 is 13.4. The number of rotatable bonds is 5. The fourth-order valence-electron chi connectivity index (χ4n) is 3.51. The van der Waals surface area contributed by atoms with Gasteiger partial charge in [0.05, 0.1) is 17.3 Å². The highest BCUT2D eigenvalue weighted by molar-refractivity contribution is 6.31. The number of H-pyrrole nitrogens is 1. The van der Waals surface area contributed by atoms with Crippen molar-refractivity contribution in [2.24, 2.45) is 0 Å². The zero-order valence-corrected chi connectivity index (χ0v) is 16.0. The molecule has 140 valence electrons. The third kappa shape index (κ3) is 4.10. The largest absolute Gasteiger partial charge is 0.370 e. The SMILES string of the molecule is Fc1ccc(N2CCC(NC(c3ccc(Cl)cc3)c3cn[nH]c3)C2)cc1Cl. The van der Waals surface area contributed by atoms with Gasteiger partial charge in [-0.2, -0.15) is 5.10 Å². The van der Waals surface area contributed by atoms with Gasteiger partial charge in [0.1, 0.15) is 5.82 Å². The molecule has 2 unspecified atom stereocenters.